The molecular formula is C26H29FN4O2. The van der Waals surface area contributed by atoms with Crippen molar-refractivity contribution in [2.45, 2.75) is 19.3 Å². The lowest BCUT2D eigenvalue weighted by Gasteiger charge is -2.37. The van der Waals surface area contributed by atoms with Gasteiger partial charge in [0, 0.05) is 63.0 Å². The van der Waals surface area contributed by atoms with Crippen LogP contribution in [0, 0.1) is 17.2 Å². The summed E-state index contributed by atoms with van der Waals surface area (Å²) in [5.74, 6) is 0.898. The van der Waals surface area contributed by atoms with Crippen LogP contribution in [0.25, 0.3) is 6.08 Å². The summed E-state index contributed by atoms with van der Waals surface area (Å²) in [6.07, 6.45) is 7.43. The number of hydrogen-bond donors (Lipinski definition) is 0. The first kappa shape index (κ1) is 21.6. The number of anilines is 1. The lowest BCUT2D eigenvalue weighted by Crippen LogP contribution is -2.50. The molecule has 2 amide bonds. The fourth-order valence-electron chi connectivity index (χ4n) is 5.22. The van der Waals surface area contributed by atoms with Crippen molar-refractivity contribution >= 4 is 23.7 Å². The molecule has 5 rings (SSSR count). The van der Waals surface area contributed by atoms with E-state index in [1.807, 2.05) is 28.0 Å². The molecular weight excluding hydrogens is 419 g/mol. The SMILES string of the molecule is O=C(C=Cc1ccccc1F)N1CCC2(CC1)CC2C(=O)N1CCN(c2ccccn2)CC1. The summed E-state index contributed by atoms with van der Waals surface area (Å²) >= 11 is 0. The average Bonchev–Trinajstić information content (AvgIpc) is 3.56. The van der Waals surface area contributed by atoms with E-state index in [-0.39, 0.29) is 29.0 Å². The van der Waals surface area contributed by atoms with E-state index in [4.69, 9.17) is 0 Å². The second kappa shape index (κ2) is 8.96. The van der Waals surface area contributed by atoms with Gasteiger partial charge in [-0.25, -0.2) is 9.37 Å². The Morgan fingerprint density at radius 3 is 2.36 bits per heavy atom. The third-order valence-electron chi connectivity index (χ3n) is 7.43. The molecule has 7 heteroatoms. The van der Waals surface area contributed by atoms with Gasteiger partial charge in [-0.3, -0.25) is 9.59 Å². The predicted molar refractivity (Wildman–Crippen MR) is 125 cm³/mol. The number of likely N-dealkylation sites (tertiary alicyclic amines) is 1. The molecule has 172 valence electrons. The van der Waals surface area contributed by atoms with Gasteiger partial charge in [0.25, 0.3) is 0 Å². The minimum Gasteiger partial charge on any atom is -0.353 e. The second-order valence-electron chi connectivity index (χ2n) is 9.30. The van der Waals surface area contributed by atoms with Crippen LogP contribution in [0.3, 0.4) is 0 Å². The van der Waals surface area contributed by atoms with E-state index in [1.54, 1.807) is 24.4 Å². The van der Waals surface area contributed by atoms with Gasteiger partial charge < -0.3 is 14.7 Å². The van der Waals surface area contributed by atoms with Crippen LogP contribution in [-0.2, 0) is 9.59 Å². The topological polar surface area (TPSA) is 56.8 Å². The number of aromatic nitrogens is 1. The van der Waals surface area contributed by atoms with Crippen LogP contribution < -0.4 is 4.90 Å². The summed E-state index contributed by atoms with van der Waals surface area (Å²) in [4.78, 5) is 36.2. The van der Waals surface area contributed by atoms with Gasteiger partial charge in [0.2, 0.25) is 11.8 Å². The zero-order valence-electron chi connectivity index (χ0n) is 18.7. The molecule has 1 aromatic carbocycles. The fourth-order valence-corrected chi connectivity index (χ4v) is 5.22. The molecule has 1 atom stereocenters. The number of benzene rings is 1. The van der Waals surface area contributed by atoms with Crippen molar-refractivity contribution in [2.75, 3.05) is 44.2 Å². The molecule has 1 aliphatic carbocycles. The maximum absolute atomic E-state index is 13.8. The van der Waals surface area contributed by atoms with E-state index in [1.165, 1.54) is 18.2 Å². The summed E-state index contributed by atoms with van der Waals surface area (Å²) in [7, 11) is 0. The summed E-state index contributed by atoms with van der Waals surface area (Å²) in [6.45, 7) is 4.37. The lowest BCUT2D eigenvalue weighted by molar-refractivity contribution is -0.134. The largest absolute Gasteiger partial charge is 0.353 e. The number of pyridine rings is 1. The Morgan fingerprint density at radius 1 is 0.939 bits per heavy atom. The van der Waals surface area contributed by atoms with Crippen LogP contribution in [0.2, 0.25) is 0 Å². The standard InChI is InChI=1S/C26H29FN4O2/c27-22-6-2-1-5-20(22)8-9-24(32)30-13-10-26(11-14-30)19-21(26)25(33)31-17-15-29(16-18-31)23-7-3-4-12-28-23/h1-9,12,21H,10-11,13-19H2. The van der Waals surface area contributed by atoms with Crippen LogP contribution in [0.4, 0.5) is 10.2 Å². The minimum absolute atomic E-state index is 0.0568. The van der Waals surface area contributed by atoms with E-state index in [0.717, 1.165) is 51.3 Å². The van der Waals surface area contributed by atoms with Gasteiger partial charge in [-0.05, 0) is 49.0 Å². The molecule has 1 unspecified atom stereocenters. The van der Waals surface area contributed by atoms with Crippen LogP contribution >= 0.6 is 0 Å². The smallest absolute Gasteiger partial charge is 0.246 e. The van der Waals surface area contributed by atoms with E-state index in [2.05, 4.69) is 9.88 Å². The van der Waals surface area contributed by atoms with Crippen LogP contribution in [0.5, 0.6) is 0 Å². The quantitative estimate of drug-likeness (QED) is 0.674. The number of carbonyl (C=O) groups is 2. The van der Waals surface area contributed by atoms with Crippen molar-refractivity contribution in [1.82, 2.24) is 14.8 Å². The van der Waals surface area contributed by atoms with Gasteiger partial charge in [0.15, 0.2) is 0 Å². The molecule has 2 aromatic rings. The van der Waals surface area contributed by atoms with Crippen LogP contribution in [0.15, 0.2) is 54.7 Å². The summed E-state index contributed by atoms with van der Waals surface area (Å²) in [5, 5.41) is 0. The number of piperidine rings is 1. The number of piperazine rings is 1. The van der Waals surface area contributed by atoms with Crippen LogP contribution in [0.1, 0.15) is 24.8 Å². The third kappa shape index (κ3) is 4.49. The zero-order chi connectivity index (χ0) is 22.8. The van der Waals surface area contributed by atoms with Crippen molar-refractivity contribution in [3.05, 3.63) is 66.1 Å². The Kier molecular flexibility index (Phi) is 5.87. The molecule has 6 nitrogen and oxygen atoms in total. The highest BCUT2D eigenvalue weighted by Crippen LogP contribution is 2.60. The molecule has 3 fully saturated rings. The van der Waals surface area contributed by atoms with Crippen molar-refractivity contribution in [3.8, 4) is 0 Å². The Balaban J connectivity index is 1.10. The molecule has 2 saturated heterocycles. The highest BCUT2D eigenvalue weighted by molar-refractivity contribution is 5.92. The zero-order valence-corrected chi connectivity index (χ0v) is 18.7. The van der Waals surface area contributed by atoms with E-state index in [9.17, 15) is 14.0 Å². The Labute approximate surface area is 193 Å². The number of rotatable bonds is 4. The molecule has 3 aliphatic rings. The number of halogens is 1. The Morgan fingerprint density at radius 2 is 1.67 bits per heavy atom. The molecule has 2 aliphatic heterocycles. The van der Waals surface area contributed by atoms with Gasteiger partial charge in [0.05, 0.1) is 0 Å². The summed E-state index contributed by atoms with van der Waals surface area (Å²) < 4.78 is 13.8. The van der Waals surface area contributed by atoms with Gasteiger partial charge >= 0.3 is 0 Å². The Bertz CT molecular complexity index is 1040. The van der Waals surface area contributed by atoms with E-state index in [0.29, 0.717) is 18.7 Å². The second-order valence-corrected chi connectivity index (χ2v) is 9.30. The summed E-state index contributed by atoms with van der Waals surface area (Å²) in [5.41, 5.74) is 0.469. The molecule has 33 heavy (non-hydrogen) atoms. The molecule has 1 aromatic heterocycles. The van der Waals surface area contributed by atoms with Gasteiger partial charge in [-0.2, -0.15) is 0 Å². The van der Waals surface area contributed by atoms with Crippen molar-refractivity contribution in [3.63, 3.8) is 0 Å². The first-order valence-corrected chi connectivity index (χ1v) is 11.7. The van der Waals surface area contributed by atoms with Crippen molar-refractivity contribution in [1.29, 1.82) is 0 Å². The van der Waals surface area contributed by atoms with E-state index < -0.39 is 0 Å². The first-order valence-electron chi connectivity index (χ1n) is 11.7. The van der Waals surface area contributed by atoms with Crippen molar-refractivity contribution in [2.24, 2.45) is 11.3 Å². The number of carbonyl (C=O) groups excluding carboxylic acids is 2. The van der Waals surface area contributed by atoms with E-state index >= 15 is 0 Å². The maximum atomic E-state index is 13.8. The monoisotopic (exact) mass is 448 g/mol. The minimum atomic E-state index is -0.334. The molecule has 0 radical (unpaired) electrons. The normalized spacial score (nSPS) is 22.1. The Hall–Kier alpha value is -3.22. The van der Waals surface area contributed by atoms with Crippen LogP contribution in [-0.4, -0.2) is 65.9 Å². The highest BCUT2D eigenvalue weighted by Gasteiger charge is 2.59. The first-order chi connectivity index (χ1) is 16.1. The number of hydrogen-bond acceptors (Lipinski definition) is 4. The molecule has 0 N–H and O–H groups in total. The van der Waals surface area contributed by atoms with Gasteiger partial charge in [0.1, 0.15) is 11.6 Å². The number of nitrogens with zero attached hydrogens (tertiary/aromatic N) is 4. The highest BCUT2D eigenvalue weighted by atomic mass is 19.1. The summed E-state index contributed by atoms with van der Waals surface area (Å²) in [6, 6.07) is 12.3. The van der Waals surface area contributed by atoms with Crippen molar-refractivity contribution < 1.29 is 14.0 Å². The van der Waals surface area contributed by atoms with Gasteiger partial charge in [-0.15, -0.1) is 0 Å². The number of amides is 2. The third-order valence-corrected chi connectivity index (χ3v) is 7.43. The molecule has 3 heterocycles. The lowest BCUT2D eigenvalue weighted by atomic mass is 9.90. The molecule has 1 spiro atoms. The predicted octanol–water partition coefficient (Wildman–Crippen LogP) is 3.21. The molecule has 1 saturated carbocycles. The maximum Gasteiger partial charge on any atom is 0.246 e. The average molecular weight is 449 g/mol. The van der Waals surface area contributed by atoms with Gasteiger partial charge in [-0.1, -0.05) is 24.3 Å². The molecule has 0 bridgehead atoms. The fraction of sp³-hybridized carbons (Fsp3) is 0.423.